The van der Waals surface area contributed by atoms with E-state index in [0.29, 0.717) is 11.8 Å². The predicted octanol–water partition coefficient (Wildman–Crippen LogP) is 22.2. The molecule has 0 bridgehead atoms. The minimum absolute atomic E-state index is 0.0362. The van der Waals surface area contributed by atoms with Gasteiger partial charge in [-0.3, -0.25) is 43.7 Å². The Balaban J connectivity index is 0.000000371. The van der Waals surface area contributed by atoms with Crippen LogP contribution in [-0.2, 0) is 33.6 Å². The molecule has 10 nitrogen and oxygen atoms in total. The van der Waals surface area contributed by atoms with Crippen LogP contribution in [0, 0.1) is 28.9 Å². The first-order valence-electron chi connectivity index (χ1n) is 31.9. The first-order chi connectivity index (χ1) is 44.0. The predicted molar refractivity (Wildman–Crippen MR) is 395 cm³/mol. The molecule has 2 fully saturated rings. The first-order valence-corrected chi connectivity index (χ1v) is 33.6. The maximum absolute atomic E-state index is 11.0. The van der Waals surface area contributed by atoms with Crippen LogP contribution in [0.4, 0.5) is 5.69 Å². The summed E-state index contributed by atoms with van der Waals surface area (Å²) in [6.07, 6.45) is 26.1. The van der Waals surface area contributed by atoms with Gasteiger partial charge in [0.1, 0.15) is 0 Å². The van der Waals surface area contributed by atoms with Gasteiger partial charge in [-0.2, -0.15) is 0 Å². The SMILES string of the molecule is CC(=O)C=C(C)C1CCCCC1.CC(=O)C=C(C)c1ccc(Br)cc1.CC(=O)C=C(C)c1ccc(C)cc1.CC(=O)C=C(C)c1ccc([N+](=O)[O-])cc1.CC(=O)C=C(C)c1ccc2ccccc2c1.CC(=O)C=C(C)c1cccs1.CCC(=CC(C)=O)C1CCCCC1. The van der Waals surface area contributed by atoms with Gasteiger partial charge in [0.05, 0.1) is 4.92 Å². The summed E-state index contributed by atoms with van der Waals surface area (Å²) in [6, 6.07) is 40.6. The molecule has 5 aromatic carbocycles. The fraction of sp³-hybridized carbons (Fsp3) is 0.346. The van der Waals surface area contributed by atoms with Gasteiger partial charge in [-0.1, -0.05) is 157 Å². The van der Waals surface area contributed by atoms with Crippen molar-refractivity contribution in [1.29, 1.82) is 0 Å². The van der Waals surface area contributed by atoms with E-state index in [1.54, 1.807) is 102 Å². The number of rotatable bonds is 16. The van der Waals surface area contributed by atoms with E-state index in [9.17, 15) is 43.7 Å². The summed E-state index contributed by atoms with van der Waals surface area (Å²) in [5.41, 5.74) is 13.0. The van der Waals surface area contributed by atoms with Gasteiger partial charge >= 0.3 is 0 Å². The van der Waals surface area contributed by atoms with Crippen LogP contribution in [0.2, 0.25) is 0 Å². The van der Waals surface area contributed by atoms with Gasteiger partial charge in [-0.25, -0.2) is 0 Å². The quantitative estimate of drug-likeness (QED) is 0.0521. The van der Waals surface area contributed by atoms with Gasteiger partial charge < -0.3 is 0 Å². The summed E-state index contributed by atoms with van der Waals surface area (Å²) < 4.78 is 1.05. The Morgan fingerprint density at radius 1 is 0.441 bits per heavy atom. The Labute approximate surface area is 567 Å². The molecule has 2 saturated carbocycles. The summed E-state index contributed by atoms with van der Waals surface area (Å²) in [5, 5.41) is 14.8. The lowest BCUT2D eigenvalue weighted by molar-refractivity contribution is -0.384. The van der Waals surface area contributed by atoms with Crippen LogP contribution in [0.5, 0.6) is 0 Å². The molecule has 0 aliphatic heterocycles. The number of hydrogen-bond acceptors (Lipinski definition) is 10. The lowest BCUT2D eigenvalue weighted by Crippen LogP contribution is -2.09. The molecule has 0 N–H and O–H groups in total. The fourth-order valence-electron chi connectivity index (χ4n) is 10.5. The highest BCUT2D eigenvalue weighted by molar-refractivity contribution is 9.10. The molecule has 2 aliphatic carbocycles. The van der Waals surface area contributed by atoms with Crippen LogP contribution in [-0.4, -0.2) is 45.4 Å². The summed E-state index contributed by atoms with van der Waals surface area (Å²) in [5.74, 6) is 2.15. The molecule has 8 rings (SSSR count). The van der Waals surface area contributed by atoms with Crippen molar-refractivity contribution in [2.75, 3.05) is 0 Å². The van der Waals surface area contributed by atoms with E-state index in [4.69, 9.17) is 0 Å². The minimum Gasteiger partial charge on any atom is -0.295 e. The molecule has 0 radical (unpaired) electrons. The number of nitrogens with zero attached hydrogens (tertiary/aromatic N) is 1. The normalized spacial score (nSPS) is 14.0. The maximum atomic E-state index is 11.0. The third-order valence-corrected chi connectivity index (χ3v) is 16.7. The summed E-state index contributed by atoms with van der Waals surface area (Å²) in [6.45, 7) is 26.9. The Bertz CT molecular complexity index is 3560. The van der Waals surface area contributed by atoms with Gasteiger partial charge in [0, 0.05) is 21.5 Å². The molecule has 1 aromatic heterocycles. The Kier molecular flexibility index (Phi) is 38.6. The highest BCUT2D eigenvalue weighted by Gasteiger charge is 2.17. The maximum Gasteiger partial charge on any atom is 0.269 e. The summed E-state index contributed by atoms with van der Waals surface area (Å²) in [7, 11) is 0. The molecule has 2 aliphatic rings. The average molecular weight is 1340 g/mol. The number of carbonyl (C=O) groups is 7. The number of non-ortho nitro benzene ring substituents is 1. The van der Waals surface area contributed by atoms with Crippen LogP contribution in [0.1, 0.15) is 200 Å². The van der Waals surface area contributed by atoms with Crippen molar-refractivity contribution < 1.29 is 38.5 Å². The monoisotopic (exact) mass is 1340 g/mol. The molecular formula is C81H98BrNO9S. The Morgan fingerprint density at radius 3 is 1.22 bits per heavy atom. The lowest BCUT2D eigenvalue weighted by Gasteiger charge is -2.23. The number of nitro groups is 1. The van der Waals surface area contributed by atoms with Crippen molar-refractivity contribution in [3.8, 4) is 0 Å². The van der Waals surface area contributed by atoms with Gasteiger partial charge in [-0.05, 0) is 286 Å². The lowest BCUT2D eigenvalue weighted by atomic mass is 9.82. The molecule has 12 heteroatoms. The highest BCUT2D eigenvalue weighted by atomic mass is 79.9. The van der Waals surface area contributed by atoms with Crippen LogP contribution < -0.4 is 0 Å². The standard InChI is InChI=1S/C15H14O.C12H14O.C12H20O.C11H11BrO.C11H11NO3.C11H18O.C9H10OS/c1-11(9-12(2)16)14-8-7-13-5-3-4-6-15(13)10-14;1-9-4-6-12(7-5-9)10(2)8-11(3)13;1-3-11(9-10(2)13)12-7-5-4-6-8-12;1-8(7-9(2)13)10-3-5-11(12)6-4-10;1-8(7-9(2)13)10-3-5-11(6-4-10)12(14)15;1-9(8-10(2)12)11-6-4-3-5-7-11;1-7(6-8(2)10)9-4-3-5-11-9/h3-10H,1-2H3;4-8H,1-3H3;9,12H,3-8H2,1-2H3;3-7H,1-2H3;3-7H,1-2H3;8,11H,3-7H2,1-2H3;3-6H,1-2H3. The molecule has 494 valence electrons. The van der Waals surface area contributed by atoms with E-state index in [2.05, 4.69) is 60.1 Å². The third kappa shape index (κ3) is 34.9. The van der Waals surface area contributed by atoms with Crippen molar-refractivity contribution >= 4 is 112 Å². The Hall–Kier alpha value is -8.19. The van der Waals surface area contributed by atoms with E-state index in [1.165, 1.54) is 122 Å². The smallest absolute Gasteiger partial charge is 0.269 e. The topological polar surface area (TPSA) is 163 Å². The van der Waals surface area contributed by atoms with Gasteiger partial charge in [0.25, 0.3) is 5.69 Å². The van der Waals surface area contributed by atoms with Crippen LogP contribution >= 0.6 is 27.3 Å². The van der Waals surface area contributed by atoms with E-state index in [-0.39, 0.29) is 46.2 Å². The second-order valence-electron chi connectivity index (χ2n) is 23.8. The number of carbonyl (C=O) groups excluding carboxylic acids is 7. The van der Waals surface area contributed by atoms with Crippen molar-refractivity contribution in [2.24, 2.45) is 11.8 Å². The van der Waals surface area contributed by atoms with Crippen molar-refractivity contribution in [3.05, 3.63) is 234 Å². The molecule has 1 heterocycles. The first kappa shape index (κ1) is 80.9. The zero-order valence-corrected chi connectivity index (χ0v) is 60.0. The highest BCUT2D eigenvalue weighted by Crippen LogP contribution is 2.32. The second kappa shape index (κ2) is 44.4. The van der Waals surface area contributed by atoms with Gasteiger partial charge in [0.2, 0.25) is 0 Å². The van der Waals surface area contributed by atoms with Crippen molar-refractivity contribution in [3.63, 3.8) is 0 Å². The third-order valence-electron chi connectivity index (χ3n) is 15.2. The van der Waals surface area contributed by atoms with Crippen molar-refractivity contribution in [2.45, 2.75) is 174 Å². The molecule has 0 saturated heterocycles. The molecule has 0 atom stereocenters. The number of ketones is 7. The molecule has 0 unspecified atom stereocenters. The molecule has 6 aromatic rings. The van der Waals surface area contributed by atoms with Crippen molar-refractivity contribution in [1.82, 2.24) is 0 Å². The molecular weight excluding hydrogens is 1240 g/mol. The largest absolute Gasteiger partial charge is 0.295 e. The number of fused-ring (bicyclic) bond motifs is 1. The summed E-state index contributed by atoms with van der Waals surface area (Å²) in [4.78, 5) is 87.0. The van der Waals surface area contributed by atoms with Gasteiger partial charge in [0.15, 0.2) is 40.5 Å². The number of halogens is 1. The molecule has 0 amide bonds. The minimum atomic E-state index is -0.451. The summed E-state index contributed by atoms with van der Waals surface area (Å²) >= 11 is 5.01. The zero-order valence-electron chi connectivity index (χ0n) is 57.6. The number of allylic oxidation sites excluding steroid dienone is 14. The van der Waals surface area contributed by atoms with E-state index in [1.807, 2.05) is 119 Å². The fourth-order valence-corrected chi connectivity index (χ4v) is 11.5. The Morgan fingerprint density at radius 2 is 0.817 bits per heavy atom. The van der Waals surface area contributed by atoms with E-state index >= 15 is 0 Å². The van der Waals surface area contributed by atoms with Crippen LogP contribution in [0.15, 0.2) is 191 Å². The number of nitro benzene ring substituents is 1. The second-order valence-corrected chi connectivity index (χ2v) is 25.6. The van der Waals surface area contributed by atoms with Crippen LogP contribution in [0.25, 0.3) is 38.6 Å². The van der Waals surface area contributed by atoms with E-state index in [0.717, 1.165) is 61.0 Å². The number of aryl methyl sites for hydroxylation is 1. The molecule has 93 heavy (non-hydrogen) atoms. The molecule has 0 spiro atoms. The number of benzene rings is 5. The van der Waals surface area contributed by atoms with Crippen LogP contribution in [0.3, 0.4) is 0 Å². The van der Waals surface area contributed by atoms with Gasteiger partial charge in [-0.15, -0.1) is 11.3 Å². The van der Waals surface area contributed by atoms with E-state index < -0.39 is 4.92 Å². The number of hydrogen-bond donors (Lipinski definition) is 0. The zero-order chi connectivity index (χ0) is 69.6. The average Bonchev–Trinajstić information content (AvgIpc) is 1.47. The number of thiophene rings is 1.